The maximum Gasteiger partial charge on any atom is 0.410 e. The Morgan fingerprint density at radius 2 is 1.94 bits per heavy atom. The van der Waals surface area contributed by atoms with Crippen molar-refractivity contribution in [2.45, 2.75) is 38.8 Å². The van der Waals surface area contributed by atoms with Gasteiger partial charge in [0.25, 0.3) is 0 Å². The van der Waals surface area contributed by atoms with Crippen molar-refractivity contribution in [2.24, 2.45) is 0 Å². The van der Waals surface area contributed by atoms with Gasteiger partial charge in [-0.05, 0) is 32.8 Å². The summed E-state index contributed by atoms with van der Waals surface area (Å²) in [4.78, 5) is 13.6. The minimum Gasteiger partial charge on any atom is -0.447 e. The average molecular weight is 233 g/mol. The summed E-state index contributed by atoms with van der Waals surface area (Å²) >= 11 is 0. The molecule has 17 heavy (non-hydrogen) atoms. The molecule has 1 aliphatic heterocycles. The summed E-state index contributed by atoms with van der Waals surface area (Å²) < 4.78 is 5.16. The number of cyclic esters (lactones) is 1. The van der Waals surface area contributed by atoms with Crippen LogP contribution in [0, 0.1) is 0 Å². The summed E-state index contributed by atoms with van der Waals surface area (Å²) in [6, 6.07) is 10.4. The Bertz CT molecular complexity index is 394. The molecule has 1 heterocycles. The van der Waals surface area contributed by atoms with Crippen molar-refractivity contribution in [1.29, 1.82) is 0 Å². The lowest BCUT2D eigenvalue weighted by Crippen LogP contribution is -2.48. The molecule has 1 fully saturated rings. The van der Waals surface area contributed by atoms with Crippen LogP contribution in [0.3, 0.4) is 0 Å². The van der Waals surface area contributed by atoms with Crippen LogP contribution in [-0.4, -0.2) is 29.2 Å². The molecule has 0 spiro atoms. The van der Waals surface area contributed by atoms with Gasteiger partial charge in [0.1, 0.15) is 6.61 Å². The lowest BCUT2D eigenvalue weighted by atomic mass is 10.00. The first-order valence-electron chi connectivity index (χ1n) is 5.98. The van der Waals surface area contributed by atoms with E-state index in [1.807, 2.05) is 43.9 Å². The second-order valence-corrected chi connectivity index (χ2v) is 5.46. The molecule has 1 saturated heterocycles. The monoisotopic (exact) mass is 233 g/mol. The molecule has 1 atom stereocenters. The van der Waals surface area contributed by atoms with E-state index in [2.05, 4.69) is 12.1 Å². The van der Waals surface area contributed by atoms with E-state index < -0.39 is 0 Å². The van der Waals surface area contributed by atoms with Crippen LogP contribution >= 0.6 is 0 Å². The summed E-state index contributed by atoms with van der Waals surface area (Å²) in [6.07, 6.45) is 0.655. The first-order chi connectivity index (χ1) is 7.98. The van der Waals surface area contributed by atoms with Crippen molar-refractivity contribution in [3.63, 3.8) is 0 Å². The van der Waals surface area contributed by atoms with Crippen LogP contribution in [0.1, 0.15) is 26.3 Å². The number of carbonyl (C=O) groups excluding carboxylic acids is 1. The summed E-state index contributed by atoms with van der Waals surface area (Å²) in [5.41, 5.74) is 1.05. The maximum absolute atomic E-state index is 11.7. The molecule has 1 aliphatic rings. The third kappa shape index (κ3) is 2.60. The summed E-state index contributed by atoms with van der Waals surface area (Å²) in [6.45, 7) is 6.61. The number of nitrogens with zero attached hydrogens (tertiary/aromatic N) is 1. The van der Waals surface area contributed by atoms with Gasteiger partial charge in [0.2, 0.25) is 0 Å². The standard InChI is InChI=1S/C14H19NO2/c1-14(2,3)15-12(10-17-13(15)16)9-11-7-5-4-6-8-11/h4-8,12H,9-10H2,1-3H3/t12-/m1/s1. The van der Waals surface area contributed by atoms with E-state index in [1.54, 1.807) is 0 Å². The minimum atomic E-state index is -0.196. The lowest BCUT2D eigenvalue weighted by Gasteiger charge is -2.34. The maximum atomic E-state index is 11.7. The fourth-order valence-corrected chi connectivity index (χ4v) is 2.32. The van der Waals surface area contributed by atoms with E-state index in [9.17, 15) is 4.79 Å². The lowest BCUT2D eigenvalue weighted by molar-refractivity contribution is 0.122. The van der Waals surface area contributed by atoms with Crippen LogP contribution in [0.15, 0.2) is 30.3 Å². The number of amides is 1. The molecule has 1 aromatic carbocycles. The Balaban J connectivity index is 2.13. The molecular weight excluding hydrogens is 214 g/mol. The highest BCUT2D eigenvalue weighted by Crippen LogP contribution is 2.25. The van der Waals surface area contributed by atoms with E-state index >= 15 is 0 Å². The van der Waals surface area contributed by atoms with Gasteiger partial charge >= 0.3 is 6.09 Å². The fraction of sp³-hybridized carbons (Fsp3) is 0.500. The Labute approximate surface area is 102 Å². The van der Waals surface area contributed by atoms with Crippen LogP contribution in [0.5, 0.6) is 0 Å². The van der Waals surface area contributed by atoms with Gasteiger partial charge in [-0.25, -0.2) is 4.79 Å². The average Bonchev–Trinajstić information content (AvgIpc) is 2.60. The highest BCUT2D eigenvalue weighted by Gasteiger charge is 2.39. The van der Waals surface area contributed by atoms with Crippen LogP contribution < -0.4 is 0 Å². The molecule has 0 aliphatic carbocycles. The molecule has 0 N–H and O–H groups in total. The topological polar surface area (TPSA) is 29.5 Å². The molecule has 0 radical (unpaired) electrons. The molecule has 2 rings (SSSR count). The molecule has 3 nitrogen and oxygen atoms in total. The highest BCUT2D eigenvalue weighted by molar-refractivity contribution is 5.71. The van der Waals surface area contributed by atoms with Crippen molar-refractivity contribution in [2.75, 3.05) is 6.61 Å². The van der Waals surface area contributed by atoms with Crippen molar-refractivity contribution in [3.8, 4) is 0 Å². The number of ether oxygens (including phenoxy) is 1. The third-order valence-corrected chi connectivity index (χ3v) is 3.00. The molecule has 0 saturated carbocycles. The van der Waals surface area contributed by atoms with Gasteiger partial charge < -0.3 is 4.74 Å². The van der Waals surface area contributed by atoms with Crippen LogP contribution in [0.4, 0.5) is 4.79 Å². The second kappa shape index (κ2) is 4.40. The zero-order valence-electron chi connectivity index (χ0n) is 10.6. The summed E-state index contributed by atoms with van der Waals surface area (Å²) in [5, 5.41) is 0. The second-order valence-electron chi connectivity index (χ2n) is 5.46. The molecular formula is C14H19NO2. The molecule has 92 valence electrons. The molecule has 0 aromatic heterocycles. The Hall–Kier alpha value is -1.51. The molecule has 1 amide bonds. The van der Waals surface area contributed by atoms with Crippen LogP contribution in [0.2, 0.25) is 0 Å². The Kier molecular flexibility index (Phi) is 3.09. The Morgan fingerprint density at radius 1 is 1.29 bits per heavy atom. The van der Waals surface area contributed by atoms with Crippen LogP contribution in [0.25, 0.3) is 0 Å². The summed E-state index contributed by atoms with van der Waals surface area (Å²) in [7, 11) is 0. The smallest absolute Gasteiger partial charge is 0.410 e. The first kappa shape index (κ1) is 12.0. The number of benzene rings is 1. The van der Waals surface area contributed by atoms with Gasteiger partial charge in [0, 0.05) is 5.54 Å². The van der Waals surface area contributed by atoms with Gasteiger partial charge in [-0.3, -0.25) is 4.90 Å². The van der Waals surface area contributed by atoms with Crippen LogP contribution in [-0.2, 0) is 11.2 Å². The van der Waals surface area contributed by atoms with E-state index in [1.165, 1.54) is 5.56 Å². The van der Waals surface area contributed by atoms with Crippen molar-refractivity contribution in [3.05, 3.63) is 35.9 Å². The molecule has 0 unspecified atom stereocenters. The van der Waals surface area contributed by atoms with Crippen molar-refractivity contribution >= 4 is 6.09 Å². The van der Waals surface area contributed by atoms with Gasteiger partial charge in [-0.1, -0.05) is 30.3 Å². The van der Waals surface area contributed by atoms with Gasteiger partial charge in [0.05, 0.1) is 6.04 Å². The number of carbonyl (C=O) groups is 1. The van der Waals surface area contributed by atoms with Gasteiger partial charge in [0.15, 0.2) is 0 Å². The quantitative estimate of drug-likeness (QED) is 0.786. The minimum absolute atomic E-state index is 0.143. The largest absolute Gasteiger partial charge is 0.447 e. The summed E-state index contributed by atoms with van der Waals surface area (Å²) in [5.74, 6) is 0. The number of rotatable bonds is 2. The molecule has 0 bridgehead atoms. The zero-order chi connectivity index (χ0) is 12.5. The SMILES string of the molecule is CC(C)(C)N1C(=O)OC[C@H]1Cc1ccccc1. The number of hydrogen-bond acceptors (Lipinski definition) is 2. The highest BCUT2D eigenvalue weighted by atomic mass is 16.6. The van der Waals surface area contributed by atoms with Crippen molar-refractivity contribution < 1.29 is 9.53 Å². The zero-order valence-corrected chi connectivity index (χ0v) is 10.6. The normalized spacial score (nSPS) is 20.5. The molecule has 3 heteroatoms. The fourth-order valence-electron chi connectivity index (χ4n) is 2.32. The van der Waals surface area contributed by atoms with Gasteiger partial charge in [-0.15, -0.1) is 0 Å². The van der Waals surface area contributed by atoms with E-state index in [0.717, 1.165) is 6.42 Å². The number of hydrogen-bond donors (Lipinski definition) is 0. The predicted octanol–water partition coefficient (Wildman–Crippen LogP) is 2.85. The van der Waals surface area contributed by atoms with E-state index in [-0.39, 0.29) is 17.7 Å². The first-order valence-corrected chi connectivity index (χ1v) is 5.98. The third-order valence-electron chi connectivity index (χ3n) is 3.00. The van der Waals surface area contributed by atoms with Gasteiger partial charge in [-0.2, -0.15) is 0 Å². The predicted molar refractivity (Wildman–Crippen MR) is 66.9 cm³/mol. The van der Waals surface area contributed by atoms with E-state index in [0.29, 0.717) is 6.61 Å². The Morgan fingerprint density at radius 3 is 2.53 bits per heavy atom. The van der Waals surface area contributed by atoms with E-state index in [4.69, 9.17) is 4.74 Å². The molecule has 1 aromatic rings. The van der Waals surface area contributed by atoms with Crippen molar-refractivity contribution in [1.82, 2.24) is 4.90 Å².